The van der Waals surface area contributed by atoms with E-state index in [1.807, 2.05) is 0 Å². The summed E-state index contributed by atoms with van der Waals surface area (Å²) in [6.45, 7) is 0. The predicted molar refractivity (Wildman–Crippen MR) is 135 cm³/mol. The van der Waals surface area contributed by atoms with Crippen molar-refractivity contribution >= 4 is 10.1 Å². The summed E-state index contributed by atoms with van der Waals surface area (Å²) < 4.78 is 37.0. The van der Waals surface area contributed by atoms with Crippen molar-refractivity contribution in [2.75, 3.05) is 0 Å². The van der Waals surface area contributed by atoms with Gasteiger partial charge in [0, 0.05) is 0 Å². The van der Waals surface area contributed by atoms with Gasteiger partial charge in [-0.15, -0.1) is 0 Å². The molecule has 9 fully saturated rings. The molecule has 0 spiro atoms. The molecule has 0 amide bonds. The van der Waals surface area contributed by atoms with Crippen LogP contribution in [0.1, 0.15) is 131 Å². The Bertz CT molecular complexity index is 986. The van der Waals surface area contributed by atoms with Gasteiger partial charge in [-0.25, -0.2) is 0 Å². The maximum atomic E-state index is 13.1. The molecule has 3 atom stereocenters. The largest absolute Gasteiger partial charge is 0.295 e. The first-order chi connectivity index (χ1) is 16.4. The summed E-state index contributed by atoms with van der Waals surface area (Å²) >= 11 is 0. The zero-order chi connectivity index (χ0) is 23.0. The van der Waals surface area contributed by atoms with Crippen molar-refractivity contribution in [1.82, 2.24) is 0 Å². The van der Waals surface area contributed by atoms with Gasteiger partial charge in [-0.2, -0.15) is 8.42 Å². The number of rotatable bonds is 4. The van der Waals surface area contributed by atoms with E-state index in [-0.39, 0.29) is 0 Å². The summed E-state index contributed by atoms with van der Waals surface area (Å²) in [5, 5.41) is 0. The van der Waals surface area contributed by atoms with Gasteiger partial charge in [0.15, 0.2) is 0 Å². The number of hydrogen-bond acceptors (Lipinski definition) is 2. The molecule has 9 aliphatic rings. The molecule has 3 unspecified atom stereocenters. The Labute approximate surface area is 206 Å². The lowest BCUT2D eigenvalue weighted by atomic mass is 9.59. The standard InChI is InChI=1S/C30H42O3S/c31-34(32,33)30-28(26-14-19-3-9-22(26)10-4-19)16-24(25-13-18-1-7-21(25)8-2-18)17-29(30)27-15-20-5-11-23(27)12-6-20/h16-23,25-27H,1-15H2,(H,31,32,33). The van der Waals surface area contributed by atoms with Crippen molar-refractivity contribution < 1.29 is 13.0 Å². The summed E-state index contributed by atoms with van der Waals surface area (Å²) in [6.07, 6.45) is 19.2. The number of hydrogen-bond donors (Lipinski definition) is 1. The topological polar surface area (TPSA) is 54.4 Å². The van der Waals surface area contributed by atoms with Gasteiger partial charge in [0.25, 0.3) is 10.1 Å². The molecular formula is C30H42O3S. The highest BCUT2D eigenvalue weighted by molar-refractivity contribution is 7.86. The second kappa shape index (κ2) is 8.33. The highest BCUT2D eigenvalue weighted by Crippen LogP contribution is 2.57. The molecule has 10 rings (SSSR count). The summed E-state index contributed by atoms with van der Waals surface area (Å²) in [4.78, 5) is 0.368. The van der Waals surface area contributed by atoms with Gasteiger partial charge < -0.3 is 0 Å². The third-order valence-corrected chi connectivity index (χ3v) is 12.8. The van der Waals surface area contributed by atoms with E-state index in [2.05, 4.69) is 12.1 Å². The fourth-order valence-corrected chi connectivity index (χ4v) is 11.1. The van der Waals surface area contributed by atoms with Gasteiger partial charge in [0.05, 0.1) is 0 Å². The first-order valence-corrected chi connectivity index (χ1v) is 16.0. The Kier molecular flexibility index (Phi) is 5.47. The Hall–Kier alpha value is -0.870. The van der Waals surface area contributed by atoms with Crippen molar-refractivity contribution in [1.29, 1.82) is 0 Å². The lowest BCUT2D eigenvalue weighted by Crippen LogP contribution is -2.34. The number of fused-ring (bicyclic) bond motifs is 9. The van der Waals surface area contributed by atoms with Crippen LogP contribution in [0.25, 0.3) is 0 Å². The summed E-state index contributed by atoms with van der Waals surface area (Å²) in [5.41, 5.74) is 3.51. The van der Waals surface area contributed by atoms with E-state index >= 15 is 0 Å². The van der Waals surface area contributed by atoms with E-state index < -0.39 is 10.1 Å². The second-order valence-electron chi connectivity index (χ2n) is 13.4. The minimum absolute atomic E-state index is 0.324. The van der Waals surface area contributed by atoms with Gasteiger partial charge in [-0.3, -0.25) is 4.55 Å². The van der Waals surface area contributed by atoms with Crippen LogP contribution in [0.5, 0.6) is 0 Å². The molecule has 34 heavy (non-hydrogen) atoms. The highest BCUT2D eigenvalue weighted by Gasteiger charge is 2.44. The third kappa shape index (κ3) is 3.72. The van der Waals surface area contributed by atoms with Gasteiger partial charge in [0.2, 0.25) is 0 Å². The van der Waals surface area contributed by atoms with Crippen LogP contribution in [0, 0.1) is 35.5 Å². The minimum atomic E-state index is -4.25. The van der Waals surface area contributed by atoms with Crippen LogP contribution in [0.15, 0.2) is 17.0 Å². The average Bonchev–Trinajstić information content (AvgIpc) is 2.89. The molecule has 9 saturated carbocycles. The predicted octanol–water partition coefficient (Wildman–Crippen LogP) is 7.81. The highest BCUT2D eigenvalue weighted by atomic mass is 32.2. The molecule has 186 valence electrons. The zero-order valence-corrected chi connectivity index (χ0v) is 21.4. The Morgan fingerprint density at radius 2 is 0.912 bits per heavy atom. The normalized spacial score (nSPS) is 43.4. The molecule has 0 aromatic heterocycles. The molecule has 3 nitrogen and oxygen atoms in total. The van der Waals surface area contributed by atoms with E-state index in [1.165, 1.54) is 89.0 Å². The third-order valence-electron chi connectivity index (χ3n) is 11.8. The fraction of sp³-hybridized carbons (Fsp3) is 0.800. The van der Waals surface area contributed by atoms with E-state index in [0.29, 0.717) is 34.5 Å². The van der Waals surface area contributed by atoms with Crippen LogP contribution in [0.4, 0.5) is 0 Å². The van der Waals surface area contributed by atoms with Crippen molar-refractivity contribution in [2.45, 2.75) is 119 Å². The van der Waals surface area contributed by atoms with Gasteiger partial charge >= 0.3 is 0 Å². The minimum Gasteiger partial charge on any atom is -0.282 e. The smallest absolute Gasteiger partial charge is 0.282 e. The van der Waals surface area contributed by atoms with Gasteiger partial charge in [0.1, 0.15) is 4.90 Å². The SMILES string of the molecule is O=S(=O)(O)c1c(C2CC3CCC2CC3)cc(C2CC3CCC2CC3)cc1C1CC2CCC1CC2. The first-order valence-electron chi connectivity index (χ1n) is 14.6. The molecule has 1 N–H and O–H groups in total. The van der Waals surface area contributed by atoms with Crippen LogP contribution in [-0.4, -0.2) is 13.0 Å². The van der Waals surface area contributed by atoms with E-state index in [1.54, 1.807) is 0 Å². The van der Waals surface area contributed by atoms with Crippen LogP contribution in [-0.2, 0) is 10.1 Å². The molecule has 1 aromatic rings. The van der Waals surface area contributed by atoms with Crippen LogP contribution < -0.4 is 0 Å². The molecule has 1 aromatic carbocycles. The van der Waals surface area contributed by atoms with E-state index in [9.17, 15) is 13.0 Å². The van der Waals surface area contributed by atoms with Crippen LogP contribution in [0.3, 0.4) is 0 Å². The first kappa shape index (κ1) is 22.3. The fourth-order valence-electron chi connectivity index (χ4n) is 10.1. The zero-order valence-electron chi connectivity index (χ0n) is 20.6. The van der Waals surface area contributed by atoms with Gasteiger partial charge in [-0.1, -0.05) is 50.7 Å². The summed E-state index contributed by atoms with van der Waals surface area (Å²) in [6, 6.07) is 4.65. The van der Waals surface area contributed by atoms with Crippen LogP contribution in [0.2, 0.25) is 0 Å². The van der Waals surface area contributed by atoms with Crippen molar-refractivity contribution in [3.05, 3.63) is 28.8 Å². The van der Waals surface area contributed by atoms with Crippen molar-refractivity contribution in [2.24, 2.45) is 35.5 Å². The Balaban J connectivity index is 1.40. The maximum Gasteiger partial charge on any atom is 0.295 e. The molecule has 0 radical (unpaired) electrons. The van der Waals surface area contributed by atoms with Crippen molar-refractivity contribution in [3.8, 4) is 0 Å². The van der Waals surface area contributed by atoms with Crippen LogP contribution >= 0.6 is 0 Å². The molecular weight excluding hydrogens is 440 g/mol. The molecule has 0 heterocycles. The van der Waals surface area contributed by atoms with Gasteiger partial charge in [-0.05, 0) is 128 Å². The summed E-state index contributed by atoms with van der Waals surface area (Å²) in [5.74, 6) is 5.56. The lowest BCUT2D eigenvalue weighted by Gasteiger charge is -2.46. The average molecular weight is 483 g/mol. The lowest BCUT2D eigenvalue weighted by molar-refractivity contribution is 0.135. The molecule has 4 heteroatoms. The second-order valence-corrected chi connectivity index (χ2v) is 14.7. The Morgan fingerprint density at radius 3 is 1.21 bits per heavy atom. The quantitative estimate of drug-likeness (QED) is 0.445. The number of benzene rings is 1. The van der Waals surface area contributed by atoms with E-state index in [4.69, 9.17) is 0 Å². The molecule has 9 aliphatic carbocycles. The Morgan fingerprint density at radius 1 is 0.559 bits per heavy atom. The molecule has 0 saturated heterocycles. The van der Waals surface area contributed by atoms with Crippen molar-refractivity contribution in [3.63, 3.8) is 0 Å². The monoisotopic (exact) mass is 482 g/mol. The van der Waals surface area contributed by atoms with E-state index in [0.717, 1.165) is 47.6 Å². The summed E-state index contributed by atoms with van der Waals surface area (Å²) in [7, 11) is -4.25. The maximum absolute atomic E-state index is 13.1. The molecule has 0 aliphatic heterocycles. The molecule has 6 bridgehead atoms.